The van der Waals surface area contributed by atoms with Crippen molar-refractivity contribution in [3.8, 4) is 0 Å². The maximum Gasteiger partial charge on any atom is 0.343 e. The van der Waals surface area contributed by atoms with Gasteiger partial charge in [-0.05, 0) is 31.0 Å². The number of aromatic nitrogens is 1. The third kappa shape index (κ3) is 1.82. The zero-order valence-electron chi connectivity index (χ0n) is 9.96. The SMILES string of the molecule is COC(=O)c1c[nH]c2cc(C)cc(C)c2c1=O. The lowest BCUT2D eigenvalue weighted by molar-refractivity contribution is 0.0599. The van der Waals surface area contributed by atoms with E-state index in [0.29, 0.717) is 5.39 Å². The van der Waals surface area contributed by atoms with Crippen LogP contribution in [0.5, 0.6) is 0 Å². The van der Waals surface area contributed by atoms with E-state index in [9.17, 15) is 9.59 Å². The summed E-state index contributed by atoms with van der Waals surface area (Å²) in [6.07, 6.45) is 1.40. The summed E-state index contributed by atoms with van der Waals surface area (Å²) >= 11 is 0. The Hall–Kier alpha value is -2.10. The second kappa shape index (κ2) is 4.05. The lowest BCUT2D eigenvalue weighted by Gasteiger charge is -2.05. The van der Waals surface area contributed by atoms with Gasteiger partial charge in [-0.15, -0.1) is 0 Å². The summed E-state index contributed by atoms with van der Waals surface area (Å²) in [6.45, 7) is 3.81. The van der Waals surface area contributed by atoms with Gasteiger partial charge in [-0.3, -0.25) is 4.79 Å². The highest BCUT2D eigenvalue weighted by atomic mass is 16.5. The normalized spacial score (nSPS) is 10.5. The van der Waals surface area contributed by atoms with Gasteiger partial charge in [0.1, 0.15) is 5.56 Å². The highest BCUT2D eigenvalue weighted by Gasteiger charge is 2.14. The quantitative estimate of drug-likeness (QED) is 0.763. The Labute approximate surface area is 98.2 Å². The molecule has 2 aromatic rings. The van der Waals surface area contributed by atoms with Gasteiger partial charge in [0.15, 0.2) is 0 Å². The number of ether oxygens (including phenoxy) is 1. The Kier molecular flexibility index (Phi) is 2.71. The molecule has 1 aromatic heterocycles. The fourth-order valence-corrected chi connectivity index (χ4v) is 1.99. The molecular formula is C13H13NO3. The summed E-state index contributed by atoms with van der Waals surface area (Å²) in [5.41, 5.74) is 2.40. The van der Waals surface area contributed by atoms with Crippen LogP contribution in [0.2, 0.25) is 0 Å². The van der Waals surface area contributed by atoms with Crippen LogP contribution in [-0.4, -0.2) is 18.1 Å². The van der Waals surface area contributed by atoms with E-state index in [1.54, 1.807) is 0 Å². The van der Waals surface area contributed by atoms with Gasteiger partial charge in [-0.25, -0.2) is 4.79 Å². The molecule has 2 rings (SSSR count). The van der Waals surface area contributed by atoms with E-state index in [4.69, 9.17) is 0 Å². The monoisotopic (exact) mass is 231 g/mol. The molecule has 0 atom stereocenters. The van der Waals surface area contributed by atoms with Crippen LogP contribution in [0.4, 0.5) is 0 Å². The van der Waals surface area contributed by atoms with E-state index < -0.39 is 5.97 Å². The van der Waals surface area contributed by atoms with E-state index in [-0.39, 0.29) is 11.0 Å². The van der Waals surface area contributed by atoms with Crippen LogP contribution in [0.3, 0.4) is 0 Å². The van der Waals surface area contributed by atoms with Crippen molar-refractivity contribution in [2.45, 2.75) is 13.8 Å². The first-order valence-corrected chi connectivity index (χ1v) is 5.25. The molecule has 1 aromatic carbocycles. The molecule has 0 amide bonds. The minimum atomic E-state index is -0.617. The number of aromatic amines is 1. The Balaban J connectivity index is 2.85. The summed E-state index contributed by atoms with van der Waals surface area (Å²) in [7, 11) is 1.26. The van der Waals surface area contributed by atoms with Crippen molar-refractivity contribution in [2.24, 2.45) is 0 Å². The minimum Gasteiger partial charge on any atom is -0.465 e. The van der Waals surface area contributed by atoms with E-state index in [2.05, 4.69) is 9.72 Å². The average molecular weight is 231 g/mol. The van der Waals surface area contributed by atoms with E-state index in [0.717, 1.165) is 16.6 Å². The first kappa shape index (κ1) is 11.4. The third-order valence-corrected chi connectivity index (χ3v) is 2.73. The number of methoxy groups -OCH3 is 1. The number of carbonyl (C=O) groups is 1. The molecule has 1 N–H and O–H groups in total. The van der Waals surface area contributed by atoms with Gasteiger partial charge < -0.3 is 9.72 Å². The summed E-state index contributed by atoms with van der Waals surface area (Å²) < 4.78 is 4.57. The van der Waals surface area contributed by atoms with Gasteiger partial charge in [0.2, 0.25) is 5.43 Å². The number of esters is 1. The summed E-state index contributed by atoms with van der Waals surface area (Å²) in [5.74, 6) is -0.617. The Morgan fingerprint density at radius 1 is 1.29 bits per heavy atom. The number of hydrogen-bond donors (Lipinski definition) is 1. The number of hydrogen-bond acceptors (Lipinski definition) is 3. The van der Waals surface area contributed by atoms with Crippen LogP contribution >= 0.6 is 0 Å². The number of rotatable bonds is 1. The van der Waals surface area contributed by atoms with Crippen LogP contribution < -0.4 is 5.43 Å². The first-order valence-electron chi connectivity index (χ1n) is 5.25. The molecule has 0 aliphatic heterocycles. The second-order valence-corrected chi connectivity index (χ2v) is 4.03. The molecule has 0 saturated carbocycles. The zero-order valence-corrected chi connectivity index (χ0v) is 9.96. The van der Waals surface area contributed by atoms with Crippen molar-refractivity contribution in [1.29, 1.82) is 0 Å². The molecule has 4 nitrogen and oxygen atoms in total. The van der Waals surface area contributed by atoms with Gasteiger partial charge in [0.05, 0.1) is 7.11 Å². The number of fused-ring (bicyclic) bond motifs is 1. The number of pyridine rings is 1. The fourth-order valence-electron chi connectivity index (χ4n) is 1.99. The van der Waals surface area contributed by atoms with E-state index >= 15 is 0 Å². The minimum absolute atomic E-state index is 0.0342. The lowest BCUT2D eigenvalue weighted by atomic mass is 10.0. The van der Waals surface area contributed by atoms with E-state index in [1.807, 2.05) is 26.0 Å². The third-order valence-electron chi connectivity index (χ3n) is 2.73. The Bertz CT molecular complexity index is 655. The van der Waals surface area contributed by atoms with Crippen molar-refractivity contribution >= 4 is 16.9 Å². The van der Waals surface area contributed by atoms with Crippen molar-refractivity contribution in [1.82, 2.24) is 4.98 Å². The maximum absolute atomic E-state index is 12.1. The molecule has 0 fully saturated rings. The van der Waals surface area contributed by atoms with Gasteiger partial charge in [-0.2, -0.15) is 0 Å². The lowest BCUT2D eigenvalue weighted by Crippen LogP contribution is -2.17. The molecule has 0 unspecified atom stereocenters. The van der Waals surface area contributed by atoms with Gasteiger partial charge in [0.25, 0.3) is 0 Å². The molecule has 0 spiro atoms. The van der Waals surface area contributed by atoms with Crippen LogP contribution in [0.25, 0.3) is 10.9 Å². The number of nitrogens with one attached hydrogen (secondary N) is 1. The summed E-state index contributed by atoms with van der Waals surface area (Å²) in [5, 5.41) is 0.540. The molecule has 0 aliphatic rings. The molecule has 0 bridgehead atoms. The van der Waals surface area contributed by atoms with Crippen LogP contribution in [0.1, 0.15) is 21.5 Å². The molecular weight excluding hydrogens is 218 g/mol. The van der Waals surface area contributed by atoms with Crippen molar-refractivity contribution in [3.05, 3.63) is 45.2 Å². The standard InChI is InChI=1S/C13H13NO3/c1-7-4-8(2)11-10(5-7)14-6-9(12(11)15)13(16)17-3/h4-6H,1-3H3,(H,14,15). The van der Waals surface area contributed by atoms with Gasteiger partial charge in [0, 0.05) is 17.1 Å². The van der Waals surface area contributed by atoms with Crippen LogP contribution in [-0.2, 0) is 4.74 Å². The Morgan fingerprint density at radius 3 is 2.65 bits per heavy atom. The summed E-state index contributed by atoms with van der Waals surface area (Å²) in [6, 6.07) is 3.80. The van der Waals surface area contributed by atoms with Gasteiger partial charge >= 0.3 is 5.97 Å². The van der Waals surface area contributed by atoms with Crippen molar-refractivity contribution in [2.75, 3.05) is 7.11 Å². The second-order valence-electron chi connectivity index (χ2n) is 4.03. The van der Waals surface area contributed by atoms with Crippen molar-refractivity contribution < 1.29 is 9.53 Å². The maximum atomic E-state index is 12.1. The number of aryl methyl sites for hydroxylation is 2. The molecule has 4 heteroatoms. The van der Waals surface area contributed by atoms with Crippen LogP contribution in [0, 0.1) is 13.8 Å². The smallest absolute Gasteiger partial charge is 0.343 e. The molecule has 88 valence electrons. The zero-order chi connectivity index (χ0) is 12.6. The van der Waals surface area contributed by atoms with Crippen molar-refractivity contribution in [3.63, 3.8) is 0 Å². The van der Waals surface area contributed by atoms with Crippen LogP contribution in [0.15, 0.2) is 23.1 Å². The highest BCUT2D eigenvalue weighted by molar-refractivity contribution is 5.94. The molecule has 0 saturated heterocycles. The molecule has 0 aliphatic carbocycles. The average Bonchev–Trinajstić information content (AvgIpc) is 2.27. The number of benzene rings is 1. The molecule has 17 heavy (non-hydrogen) atoms. The summed E-state index contributed by atoms with van der Waals surface area (Å²) in [4.78, 5) is 26.5. The highest BCUT2D eigenvalue weighted by Crippen LogP contribution is 2.15. The first-order chi connectivity index (χ1) is 8.04. The molecule has 0 radical (unpaired) electrons. The predicted octanol–water partition coefficient (Wildman–Crippen LogP) is 1.93. The number of H-pyrrole nitrogens is 1. The van der Waals surface area contributed by atoms with E-state index in [1.165, 1.54) is 13.3 Å². The topological polar surface area (TPSA) is 59.2 Å². The Morgan fingerprint density at radius 2 is 2.00 bits per heavy atom. The molecule has 1 heterocycles. The largest absolute Gasteiger partial charge is 0.465 e. The predicted molar refractivity (Wildman–Crippen MR) is 65.4 cm³/mol. The van der Waals surface area contributed by atoms with Gasteiger partial charge in [-0.1, -0.05) is 6.07 Å². The fraction of sp³-hybridized carbons (Fsp3) is 0.231. The number of carbonyl (C=O) groups excluding carboxylic acids is 1.